The fourth-order valence-corrected chi connectivity index (χ4v) is 1.47. The highest BCUT2D eigenvalue weighted by Crippen LogP contribution is 2.40. The van der Waals surface area contributed by atoms with Crippen molar-refractivity contribution in [2.75, 3.05) is 13.2 Å². The molecule has 28 heavy (non-hydrogen) atoms. The minimum atomic E-state index is -6.05. The molecule has 0 bridgehead atoms. The number of rotatable bonds is 6. The van der Waals surface area contributed by atoms with Gasteiger partial charge in [-0.3, -0.25) is 0 Å². The van der Waals surface area contributed by atoms with E-state index in [-0.39, 0.29) is 0 Å². The maximum absolute atomic E-state index is 12.9. The molecule has 1 aromatic rings. The van der Waals surface area contributed by atoms with E-state index in [1.54, 1.807) is 0 Å². The molecule has 1 aromatic carbocycles. The van der Waals surface area contributed by atoms with Gasteiger partial charge in [0.2, 0.25) is 0 Å². The Balaban J connectivity index is 3.24. The van der Waals surface area contributed by atoms with Crippen molar-refractivity contribution in [2.45, 2.75) is 24.2 Å². The fraction of sp³-hybridized carbons (Fsp3) is 0.429. The zero-order valence-electron chi connectivity index (χ0n) is 13.1. The van der Waals surface area contributed by atoms with Crippen molar-refractivity contribution in [2.24, 2.45) is 0 Å². The van der Waals surface area contributed by atoms with Gasteiger partial charge in [-0.1, -0.05) is 0 Å². The number of hydrogen-bond donors (Lipinski definition) is 0. The summed E-state index contributed by atoms with van der Waals surface area (Å²) < 4.78 is 133. The highest BCUT2D eigenvalue weighted by atomic mass is 19.4. The van der Waals surface area contributed by atoms with Crippen LogP contribution in [-0.2, 0) is 0 Å². The molecular formula is C14H6F10N2O2. The largest absolute Gasteiger partial charge is 0.483 e. The minimum Gasteiger partial charge on any atom is -0.483 e. The van der Waals surface area contributed by atoms with Crippen LogP contribution in [0.15, 0.2) is 12.1 Å². The standard InChI is InChI=1S/C14H6F10N2O2/c15-11(16,13(19,20)21)5-27-9-1-7(3-25)8(4-26)2-10(9)28-6-12(17,18)14(22,23)24/h1-2H,5-6H2. The molecule has 0 radical (unpaired) electrons. The molecule has 0 aliphatic carbocycles. The Morgan fingerprint density at radius 2 is 0.929 bits per heavy atom. The Morgan fingerprint density at radius 1 is 0.643 bits per heavy atom. The molecule has 0 aliphatic rings. The van der Waals surface area contributed by atoms with E-state index in [4.69, 9.17) is 10.5 Å². The molecule has 0 aromatic heterocycles. The summed E-state index contributed by atoms with van der Waals surface area (Å²) in [5.41, 5.74) is -1.27. The molecule has 0 unspecified atom stereocenters. The molecule has 0 saturated carbocycles. The number of hydrogen-bond acceptors (Lipinski definition) is 4. The summed E-state index contributed by atoms with van der Waals surface area (Å²) in [6.45, 7) is -4.78. The van der Waals surface area contributed by atoms with E-state index in [9.17, 15) is 43.9 Å². The van der Waals surface area contributed by atoms with Crippen molar-refractivity contribution in [3.63, 3.8) is 0 Å². The monoisotopic (exact) mass is 424 g/mol. The highest BCUT2D eigenvalue weighted by molar-refractivity contribution is 5.56. The van der Waals surface area contributed by atoms with Crippen LogP contribution in [0.5, 0.6) is 11.5 Å². The van der Waals surface area contributed by atoms with Crippen LogP contribution >= 0.6 is 0 Å². The number of alkyl halides is 10. The maximum atomic E-state index is 12.9. The van der Waals surface area contributed by atoms with Gasteiger partial charge in [-0.05, 0) is 0 Å². The normalized spacial score (nSPS) is 12.9. The van der Waals surface area contributed by atoms with Crippen LogP contribution in [0.2, 0.25) is 0 Å². The van der Waals surface area contributed by atoms with Crippen molar-refractivity contribution in [1.29, 1.82) is 10.5 Å². The molecule has 14 heteroatoms. The average Bonchev–Trinajstić information content (AvgIpc) is 2.55. The van der Waals surface area contributed by atoms with Crippen LogP contribution in [0.25, 0.3) is 0 Å². The first-order valence-electron chi connectivity index (χ1n) is 6.68. The van der Waals surface area contributed by atoms with Crippen LogP contribution in [-0.4, -0.2) is 37.4 Å². The summed E-state index contributed by atoms with van der Waals surface area (Å²) in [7, 11) is 0. The summed E-state index contributed by atoms with van der Waals surface area (Å²) in [5, 5.41) is 17.6. The fourth-order valence-electron chi connectivity index (χ4n) is 1.47. The molecule has 0 atom stereocenters. The topological polar surface area (TPSA) is 66.0 Å². The summed E-state index contributed by atoms with van der Waals surface area (Å²) >= 11 is 0. The second-order valence-electron chi connectivity index (χ2n) is 5.05. The van der Waals surface area contributed by atoms with Gasteiger partial charge in [0.05, 0.1) is 11.1 Å². The molecular weight excluding hydrogens is 418 g/mol. The van der Waals surface area contributed by atoms with E-state index in [2.05, 4.69) is 9.47 Å². The van der Waals surface area contributed by atoms with E-state index in [0.717, 1.165) is 0 Å². The quantitative estimate of drug-likeness (QED) is 0.627. The lowest BCUT2D eigenvalue weighted by atomic mass is 10.1. The average molecular weight is 424 g/mol. The maximum Gasteiger partial charge on any atom is 0.456 e. The van der Waals surface area contributed by atoms with Gasteiger partial charge in [-0.2, -0.15) is 54.4 Å². The predicted molar refractivity (Wildman–Crippen MR) is 68.9 cm³/mol. The zero-order valence-corrected chi connectivity index (χ0v) is 13.1. The van der Waals surface area contributed by atoms with Gasteiger partial charge in [0.1, 0.15) is 12.1 Å². The molecule has 0 N–H and O–H groups in total. The lowest BCUT2D eigenvalue weighted by Gasteiger charge is -2.23. The Hall–Kier alpha value is -2.90. The van der Waals surface area contributed by atoms with Crippen LogP contribution in [0.4, 0.5) is 43.9 Å². The summed E-state index contributed by atoms with van der Waals surface area (Å²) in [5.74, 6) is -13.2. The van der Waals surface area contributed by atoms with Gasteiger partial charge in [0.25, 0.3) is 0 Å². The van der Waals surface area contributed by atoms with Crippen LogP contribution in [0, 0.1) is 22.7 Å². The van der Waals surface area contributed by atoms with Crippen LogP contribution < -0.4 is 9.47 Å². The summed E-state index contributed by atoms with van der Waals surface area (Å²) in [6.07, 6.45) is -12.1. The van der Waals surface area contributed by atoms with Gasteiger partial charge in [-0.15, -0.1) is 0 Å². The van der Waals surface area contributed by atoms with Crippen molar-refractivity contribution >= 4 is 0 Å². The molecule has 0 fully saturated rings. The first kappa shape index (κ1) is 23.1. The lowest BCUT2D eigenvalue weighted by molar-refractivity contribution is -0.291. The van der Waals surface area contributed by atoms with Gasteiger partial charge in [0.15, 0.2) is 24.7 Å². The third-order valence-corrected chi connectivity index (χ3v) is 2.97. The number of nitrogens with zero attached hydrogens (tertiary/aromatic N) is 2. The molecule has 1 rings (SSSR count). The highest BCUT2D eigenvalue weighted by Gasteiger charge is 2.59. The third kappa shape index (κ3) is 5.09. The number of nitriles is 2. The van der Waals surface area contributed by atoms with Crippen LogP contribution in [0.3, 0.4) is 0 Å². The third-order valence-electron chi connectivity index (χ3n) is 2.97. The first-order valence-corrected chi connectivity index (χ1v) is 6.68. The molecule has 154 valence electrons. The Bertz CT molecular complexity index is 736. The smallest absolute Gasteiger partial charge is 0.456 e. The SMILES string of the molecule is N#Cc1cc(OCC(F)(F)C(F)(F)F)c(OCC(F)(F)C(F)(F)F)cc1C#N. The van der Waals surface area contributed by atoms with Crippen molar-refractivity contribution in [1.82, 2.24) is 0 Å². The van der Waals surface area contributed by atoms with E-state index in [0.29, 0.717) is 12.1 Å². The number of ether oxygens (including phenoxy) is 2. The minimum absolute atomic E-state index is 0.395. The Kier molecular flexibility index (Phi) is 6.29. The summed E-state index contributed by atoms with van der Waals surface area (Å²) in [4.78, 5) is 0. The molecule has 0 amide bonds. The van der Waals surface area contributed by atoms with E-state index >= 15 is 0 Å². The Morgan fingerprint density at radius 3 is 1.14 bits per heavy atom. The van der Waals surface area contributed by atoms with E-state index in [1.807, 2.05) is 0 Å². The van der Waals surface area contributed by atoms with Gasteiger partial charge in [0, 0.05) is 12.1 Å². The molecule has 0 aliphatic heterocycles. The molecule has 0 spiro atoms. The van der Waals surface area contributed by atoms with Gasteiger partial charge < -0.3 is 9.47 Å². The zero-order chi connectivity index (χ0) is 22.0. The Labute approximate surface area is 149 Å². The predicted octanol–water partition coefficient (Wildman–Crippen LogP) is 4.58. The van der Waals surface area contributed by atoms with Gasteiger partial charge in [-0.25, -0.2) is 0 Å². The second-order valence-corrected chi connectivity index (χ2v) is 5.05. The molecule has 0 saturated heterocycles. The van der Waals surface area contributed by atoms with E-state index in [1.165, 1.54) is 12.1 Å². The van der Waals surface area contributed by atoms with E-state index < -0.39 is 60.0 Å². The molecule has 0 heterocycles. The second kappa shape index (κ2) is 7.61. The molecule has 4 nitrogen and oxygen atoms in total. The van der Waals surface area contributed by atoms with Crippen molar-refractivity contribution < 1.29 is 53.4 Å². The number of benzene rings is 1. The number of halogens is 10. The van der Waals surface area contributed by atoms with Crippen molar-refractivity contribution in [3.05, 3.63) is 23.3 Å². The van der Waals surface area contributed by atoms with Crippen molar-refractivity contribution in [3.8, 4) is 23.6 Å². The summed E-state index contributed by atoms with van der Waals surface area (Å²) in [6, 6.07) is 3.47. The lowest BCUT2D eigenvalue weighted by Crippen LogP contribution is -2.42. The van der Waals surface area contributed by atoms with Crippen LogP contribution in [0.1, 0.15) is 11.1 Å². The first-order chi connectivity index (χ1) is 12.6. The van der Waals surface area contributed by atoms with Gasteiger partial charge >= 0.3 is 24.2 Å².